The molecule has 6 heteroatoms. The third kappa shape index (κ3) is 35.0. The summed E-state index contributed by atoms with van der Waals surface area (Å²) in [5.41, 5.74) is 0. The minimum absolute atomic E-state index is 0.375. The predicted octanol–water partition coefficient (Wildman–Crippen LogP) is 12.4. The van der Waals surface area contributed by atoms with E-state index in [4.69, 9.17) is 0 Å². The third-order valence-corrected chi connectivity index (χ3v) is 11.3. The van der Waals surface area contributed by atoms with Crippen LogP contribution >= 0.6 is 0 Å². The fourth-order valence-corrected chi connectivity index (χ4v) is 7.58. The van der Waals surface area contributed by atoms with E-state index in [-0.39, 0.29) is 0 Å². The van der Waals surface area contributed by atoms with Gasteiger partial charge in [-0.2, -0.15) is 0 Å². The minimum Gasteiger partial charge on any atom is -0.394 e. The highest BCUT2D eigenvalue weighted by Crippen LogP contribution is 2.18. The zero-order chi connectivity index (χ0) is 38.2. The molecule has 0 aromatic carbocycles. The van der Waals surface area contributed by atoms with Gasteiger partial charge in [-0.05, 0) is 12.8 Å². The number of aliphatic hydroxyl groups is 4. The highest BCUT2D eigenvalue weighted by Gasteiger charge is 2.28. The zero-order valence-electron chi connectivity index (χ0n) is 35.1. The lowest BCUT2D eigenvalue weighted by Gasteiger charge is -2.27. The van der Waals surface area contributed by atoms with Crippen molar-refractivity contribution in [2.24, 2.45) is 0 Å². The molecule has 0 saturated heterocycles. The van der Waals surface area contributed by atoms with Gasteiger partial charge in [-0.15, -0.1) is 0 Å². The summed E-state index contributed by atoms with van der Waals surface area (Å²) in [4.78, 5) is 12.4. The van der Waals surface area contributed by atoms with Crippen molar-refractivity contribution in [3.63, 3.8) is 0 Å². The van der Waals surface area contributed by atoms with Crippen molar-refractivity contribution in [2.75, 3.05) is 6.61 Å². The van der Waals surface area contributed by atoms with Crippen LogP contribution in [0, 0.1) is 0 Å². The first-order valence-corrected chi connectivity index (χ1v) is 23.4. The SMILES string of the molecule is CCCCCCCCCCCCCCCCCCCCCCCCCCCCCCCCC(O)C(=O)NC(CO)C(O)C(O)CCCCCCCC. The van der Waals surface area contributed by atoms with Gasteiger partial charge in [0.25, 0.3) is 0 Å². The van der Waals surface area contributed by atoms with Gasteiger partial charge in [0, 0.05) is 0 Å². The summed E-state index contributed by atoms with van der Waals surface area (Å²) < 4.78 is 0. The average Bonchev–Trinajstić information content (AvgIpc) is 3.15. The van der Waals surface area contributed by atoms with E-state index in [0.29, 0.717) is 12.8 Å². The van der Waals surface area contributed by atoms with Crippen LogP contribution in [-0.4, -0.2) is 57.3 Å². The molecule has 0 radical (unpaired) electrons. The minimum atomic E-state index is -1.25. The molecule has 1 amide bonds. The molecule has 4 atom stereocenters. The van der Waals surface area contributed by atoms with E-state index in [1.807, 2.05) is 0 Å². The number of carbonyl (C=O) groups is 1. The van der Waals surface area contributed by atoms with Gasteiger partial charge in [0.05, 0.1) is 18.8 Å². The summed E-state index contributed by atoms with van der Waals surface area (Å²) in [7, 11) is 0. The van der Waals surface area contributed by atoms with Crippen molar-refractivity contribution < 1.29 is 25.2 Å². The van der Waals surface area contributed by atoms with Gasteiger partial charge in [0.1, 0.15) is 12.2 Å². The van der Waals surface area contributed by atoms with Crippen molar-refractivity contribution in [2.45, 2.75) is 282 Å². The molecule has 0 aliphatic rings. The molecule has 0 bridgehead atoms. The van der Waals surface area contributed by atoms with Crippen LogP contribution in [0.2, 0.25) is 0 Å². The summed E-state index contributed by atoms with van der Waals surface area (Å²) in [6.45, 7) is 3.99. The second-order valence-corrected chi connectivity index (χ2v) is 16.5. The molecule has 5 N–H and O–H groups in total. The second-order valence-electron chi connectivity index (χ2n) is 16.5. The quantitative estimate of drug-likeness (QED) is 0.0400. The molecule has 0 aliphatic carbocycles. The second kappa shape index (κ2) is 41.5. The van der Waals surface area contributed by atoms with E-state index in [0.717, 1.165) is 38.5 Å². The molecule has 4 unspecified atom stereocenters. The maximum atomic E-state index is 12.4. The van der Waals surface area contributed by atoms with Gasteiger partial charge in [-0.1, -0.05) is 245 Å². The molecule has 312 valence electrons. The first-order valence-electron chi connectivity index (χ1n) is 23.4. The Morgan fingerprint density at radius 1 is 0.404 bits per heavy atom. The van der Waals surface area contributed by atoms with E-state index >= 15 is 0 Å². The Balaban J connectivity index is 3.46. The molecule has 0 spiro atoms. The Labute approximate surface area is 324 Å². The fraction of sp³-hybridized carbons (Fsp3) is 0.978. The molecule has 0 fully saturated rings. The highest BCUT2D eigenvalue weighted by atomic mass is 16.3. The molecule has 0 aliphatic heterocycles. The normalized spacial score (nSPS) is 14.0. The maximum Gasteiger partial charge on any atom is 0.249 e. The van der Waals surface area contributed by atoms with Gasteiger partial charge >= 0.3 is 0 Å². The van der Waals surface area contributed by atoms with Crippen molar-refractivity contribution in [3.05, 3.63) is 0 Å². The number of amides is 1. The smallest absolute Gasteiger partial charge is 0.249 e. The molecule has 6 nitrogen and oxygen atoms in total. The van der Waals surface area contributed by atoms with Gasteiger partial charge in [-0.3, -0.25) is 4.79 Å². The van der Waals surface area contributed by atoms with Crippen LogP contribution in [0.15, 0.2) is 0 Å². The van der Waals surface area contributed by atoms with Crippen LogP contribution in [0.1, 0.15) is 258 Å². The van der Waals surface area contributed by atoms with Crippen LogP contribution in [0.25, 0.3) is 0 Å². The van der Waals surface area contributed by atoms with E-state index in [1.165, 1.54) is 193 Å². The molecule has 0 heterocycles. The summed E-state index contributed by atoms with van der Waals surface area (Å²) >= 11 is 0. The van der Waals surface area contributed by atoms with Crippen LogP contribution in [0.3, 0.4) is 0 Å². The number of rotatable bonds is 43. The molecule has 52 heavy (non-hydrogen) atoms. The number of nitrogens with one attached hydrogen (secondary N) is 1. The Morgan fingerprint density at radius 2 is 0.654 bits per heavy atom. The standard InChI is InChI=1S/C46H93NO5/c1-3-5-7-9-11-12-13-14-15-16-17-18-19-20-21-22-23-24-25-26-27-28-29-30-31-32-33-34-36-38-40-44(50)46(52)47-42(41-48)45(51)43(49)39-37-35-10-8-6-4-2/h42-45,48-51H,3-41H2,1-2H3,(H,47,52). The molecular formula is C46H93NO5. The van der Waals surface area contributed by atoms with Crippen LogP contribution in [-0.2, 0) is 4.79 Å². The maximum absolute atomic E-state index is 12.4. The Bertz CT molecular complexity index is 706. The largest absolute Gasteiger partial charge is 0.394 e. The molecule has 0 aromatic rings. The number of hydrogen-bond acceptors (Lipinski definition) is 5. The summed E-state index contributed by atoms with van der Waals surface area (Å²) in [5, 5.41) is 43.3. The van der Waals surface area contributed by atoms with Crippen molar-refractivity contribution in [1.29, 1.82) is 0 Å². The van der Waals surface area contributed by atoms with Gasteiger partial charge in [0.15, 0.2) is 0 Å². The van der Waals surface area contributed by atoms with Crippen LogP contribution < -0.4 is 5.32 Å². The van der Waals surface area contributed by atoms with Crippen molar-refractivity contribution in [1.82, 2.24) is 5.32 Å². The average molecular weight is 740 g/mol. The predicted molar refractivity (Wildman–Crippen MR) is 224 cm³/mol. The molecule has 0 saturated carbocycles. The number of aliphatic hydroxyl groups excluding tert-OH is 4. The van der Waals surface area contributed by atoms with E-state index in [2.05, 4.69) is 19.2 Å². The number of hydrogen-bond donors (Lipinski definition) is 5. The lowest BCUT2D eigenvalue weighted by Crippen LogP contribution is -2.53. The summed E-state index contributed by atoms with van der Waals surface area (Å²) in [6.07, 6.45) is 44.9. The van der Waals surface area contributed by atoms with Gasteiger partial charge < -0.3 is 25.7 Å². The summed E-state index contributed by atoms with van der Waals surface area (Å²) in [6, 6.07) is -0.976. The van der Waals surface area contributed by atoms with Crippen LogP contribution in [0.5, 0.6) is 0 Å². The molecule has 0 aromatic heterocycles. The van der Waals surface area contributed by atoms with E-state index in [1.54, 1.807) is 0 Å². The van der Waals surface area contributed by atoms with Gasteiger partial charge in [-0.25, -0.2) is 0 Å². The fourth-order valence-electron chi connectivity index (χ4n) is 7.58. The lowest BCUT2D eigenvalue weighted by atomic mass is 9.99. The summed E-state index contributed by atoms with van der Waals surface area (Å²) in [5.74, 6) is -0.583. The van der Waals surface area contributed by atoms with Crippen LogP contribution in [0.4, 0.5) is 0 Å². The Morgan fingerprint density at radius 3 is 0.923 bits per heavy atom. The van der Waals surface area contributed by atoms with Crippen molar-refractivity contribution >= 4 is 5.91 Å². The van der Waals surface area contributed by atoms with Crippen molar-refractivity contribution in [3.8, 4) is 0 Å². The highest BCUT2D eigenvalue weighted by molar-refractivity contribution is 5.80. The van der Waals surface area contributed by atoms with Gasteiger partial charge in [0.2, 0.25) is 5.91 Å². The Hall–Kier alpha value is -0.690. The van der Waals surface area contributed by atoms with E-state index < -0.39 is 36.9 Å². The number of unbranched alkanes of at least 4 members (excludes halogenated alkanes) is 34. The first-order chi connectivity index (χ1) is 25.5. The first kappa shape index (κ1) is 51.3. The topological polar surface area (TPSA) is 110 Å². The number of carbonyl (C=O) groups excluding carboxylic acids is 1. The van der Waals surface area contributed by atoms with E-state index in [9.17, 15) is 25.2 Å². The third-order valence-electron chi connectivity index (χ3n) is 11.3. The molecular weight excluding hydrogens is 647 g/mol. The zero-order valence-corrected chi connectivity index (χ0v) is 35.1. The Kier molecular flexibility index (Phi) is 40.9. The monoisotopic (exact) mass is 740 g/mol. The molecule has 0 rings (SSSR count). The lowest BCUT2D eigenvalue weighted by molar-refractivity contribution is -0.132.